The predicted molar refractivity (Wildman–Crippen MR) is 122 cm³/mol. The second-order valence-corrected chi connectivity index (χ2v) is 7.59. The molecule has 6 heteroatoms. The zero-order valence-electron chi connectivity index (χ0n) is 17.7. The number of aromatic nitrogens is 2. The van der Waals surface area contributed by atoms with Gasteiger partial charge in [-0.25, -0.2) is 15.0 Å². The van der Waals surface area contributed by atoms with Crippen molar-refractivity contribution in [3.05, 3.63) is 89.7 Å². The van der Waals surface area contributed by atoms with Crippen LogP contribution in [0.5, 0.6) is 11.6 Å². The van der Waals surface area contributed by atoms with Gasteiger partial charge in [-0.15, -0.1) is 0 Å². The zero-order valence-corrected chi connectivity index (χ0v) is 17.7. The predicted octanol–water partition coefficient (Wildman–Crippen LogP) is 5.91. The molecule has 0 fully saturated rings. The average Bonchev–Trinajstić information content (AvgIpc) is 2.79. The minimum atomic E-state index is 0.304. The minimum Gasteiger partial charge on any atom is -0.437 e. The number of aliphatic imine (C=N–C) groups is 1. The fraction of sp³-hybridized carbons (Fsp3) is 0.160. The Morgan fingerprint density at radius 2 is 1.81 bits per heavy atom. The normalized spacial score (nSPS) is 11.7. The molecule has 2 N–H and O–H groups in total. The van der Waals surface area contributed by atoms with Gasteiger partial charge in [0.2, 0.25) is 5.88 Å². The van der Waals surface area contributed by atoms with Crippen molar-refractivity contribution in [2.75, 3.05) is 0 Å². The molecule has 0 amide bonds. The van der Waals surface area contributed by atoms with Crippen LogP contribution in [0.3, 0.4) is 0 Å². The highest BCUT2D eigenvalue weighted by molar-refractivity contribution is 5.99. The third-order valence-corrected chi connectivity index (χ3v) is 4.95. The second kappa shape index (κ2) is 8.93. The molecule has 0 atom stereocenters. The topological polar surface area (TPSA) is 79.6 Å². The molecule has 0 saturated carbocycles. The van der Waals surface area contributed by atoms with Crippen molar-refractivity contribution in [3.8, 4) is 11.6 Å². The third kappa shape index (κ3) is 4.70. The van der Waals surface area contributed by atoms with E-state index >= 15 is 0 Å². The van der Waals surface area contributed by atoms with Crippen LogP contribution < -0.4 is 10.2 Å². The summed E-state index contributed by atoms with van der Waals surface area (Å²) in [4.78, 5) is 13.4. The highest BCUT2D eigenvalue weighted by Crippen LogP contribution is 2.28. The van der Waals surface area contributed by atoms with Gasteiger partial charge in [-0.05, 0) is 48.7 Å². The number of hydrogen-bond acceptors (Lipinski definition) is 5. The first kappa shape index (κ1) is 20.5. The van der Waals surface area contributed by atoms with E-state index in [9.17, 15) is 5.21 Å². The van der Waals surface area contributed by atoms with Crippen LogP contribution in [0.1, 0.15) is 36.6 Å². The molecule has 0 aliphatic heterocycles. The van der Waals surface area contributed by atoms with Gasteiger partial charge in [0.1, 0.15) is 5.52 Å². The molecule has 0 spiro atoms. The molecule has 0 radical (unpaired) electrons. The van der Waals surface area contributed by atoms with E-state index in [0.717, 1.165) is 22.3 Å². The highest BCUT2D eigenvalue weighted by Gasteiger charge is 2.09. The summed E-state index contributed by atoms with van der Waals surface area (Å²) in [6.07, 6.45) is 1.60. The lowest BCUT2D eigenvalue weighted by atomic mass is 10.0. The van der Waals surface area contributed by atoms with E-state index in [4.69, 9.17) is 4.74 Å². The lowest BCUT2D eigenvalue weighted by molar-refractivity contribution is 0.235. The molecular formula is C25H24N4O2. The summed E-state index contributed by atoms with van der Waals surface area (Å²) in [5.41, 5.74) is 6.48. The summed E-state index contributed by atoms with van der Waals surface area (Å²) in [5, 5.41) is 10.6. The Bertz CT molecular complexity index is 1220. The van der Waals surface area contributed by atoms with Crippen LogP contribution >= 0.6 is 0 Å². The van der Waals surface area contributed by atoms with Gasteiger partial charge in [0.25, 0.3) is 0 Å². The highest BCUT2D eigenvalue weighted by atomic mass is 16.5. The smallest absolute Gasteiger partial charge is 0.219 e. The molecule has 0 bridgehead atoms. The lowest BCUT2D eigenvalue weighted by Gasteiger charge is -2.10. The van der Waals surface area contributed by atoms with Crippen molar-refractivity contribution < 1.29 is 9.94 Å². The van der Waals surface area contributed by atoms with Crippen LogP contribution in [0.25, 0.3) is 10.9 Å². The Balaban J connectivity index is 1.56. The maximum absolute atomic E-state index is 9.58. The van der Waals surface area contributed by atoms with Crippen LogP contribution in [-0.4, -0.2) is 21.0 Å². The van der Waals surface area contributed by atoms with Gasteiger partial charge in [-0.3, -0.25) is 10.7 Å². The maximum Gasteiger partial charge on any atom is 0.219 e. The molecule has 4 aromatic rings. The van der Waals surface area contributed by atoms with Gasteiger partial charge in [0.05, 0.1) is 5.69 Å². The molecule has 2 aromatic heterocycles. The monoisotopic (exact) mass is 412 g/mol. The Hall–Kier alpha value is -3.77. The van der Waals surface area contributed by atoms with Crippen LogP contribution in [0.15, 0.2) is 77.9 Å². The molecular weight excluding hydrogens is 388 g/mol. The van der Waals surface area contributed by atoms with Crippen molar-refractivity contribution in [1.29, 1.82) is 0 Å². The standard InChI is InChI=1S/C25H24N4O2/c1-16(2)18-9-12-21(13-10-18)28-25(29-30)20-11-14-23(26-15-20)31-22-6-4-5-19-8-7-17(3)27-24(19)22/h4-16,30H,1-3H3,(H,28,29). The first-order valence-corrected chi connectivity index (χ1v) is 10.1. The van der Waals surface area contributed by atoms with Crippen molar-refractivity contribution in [2.24, 2.45) is 4.99 Å². The van der Waals surface area contributed by atoms with E-state index in [2.05, 4.69) is 34.3 Å². The number of aryl methyl sites for hydroxylation is 1. The number of ether oxygens (including phenoxy) is 1. The van der Waals surface area contributed by atoms with E-state index in [1.807, 2.05) is 61.5 Å². The van der Waals surface area contributed by atoms with Gasteiger partial charge >= 0.3 is 0 Å². The third-order valence-electron chi connectivity index (χ3n) is 4.95. The Kier molecular flexibility index (Phi) is 5.91. The van der Waals surface area contributed by atoms with Crippen molar-refractivity contribution >= 4 is 22.4 Å². The molecule has 0 aliphatic carbocycles. The quantitative estimate of drug-likeness (QED) is 0.242. The van der Waals surface area contributed by atoms with Gasteiger partial charge in [-0.2, -0.15) is 0 Å². The first-order valence-electron chi connectivity index (χ1n) is 10.1. The number of amidine groups is 1. The fourth-order valence-corrected chi connectivity index (χ4v) is 3.21. The number of pyridine rings is 2. The van der Waals surface area contributed by atoms with E-state index in [1.54, 1.807) is 18.3 Å². The van der Waals surface area contributed by atoms with Crippen LogP contribution in [-0.2, 0) is 0 Å². The number of fused-ring (bicyclic) bond motifs is 1. The molecule has 31 heavy (non-hydrogen) atoms. The summed E-state index contributed by atoms with van der Waals surface area (Å²) in [6.45, 7) is 6.23. The van der Waals surface area contributed by atoms with Crippen LogP contribution in [0, 0.1) is 6.92 Å². The molecule has 6 nitrogen and oxygen atoms in total. The number of benzene rings is 2. The minimum absolute atomic E-state index is 0.304. The Morgan fingerprint density at radius 3 is 2.48 bits per heavy atom. The van der Waals surface area contributed by atoms with Crippen molar-refractivity contribution in [3.63, 3.8) is 0 Å². The molecule has 0 unspecified atom stereocenters. The fourth-order valence-electron chi connectivity index (χ4n) is 3.21. The number of para-hydroxylation sites is 1. The molecule has 2 aromatic carbocycles. The van der Waals surface area contributed by atoms with Gasteiger partial charge < -0.3 is 4.74 Å². The first-order chi connectivity index (χ1) is 15.0. The van der Waals surface area contributed by atoms with Gasteiger partial charge in [0.15, 0.2) is 11.6 Å². The molecule has 0 aliphatic rings. The Morgan fingerprint density at radius 1 is 1.00 bits per heavy atom. The SMILES string of the molecule is Cc1ccc2cccc(Oc3ccc(C(=Nc4ccc(C(C)C)cc4)NO)cn3)c2n1. The summed E-state index contributed by atoms with van der Waals surface area (Å²) < 4.78 is 5.97. The average molecular weight is 412 g/mol. The largest absolute Gasteiger partial charge is 0.437 e. The molecule has 0 saturated heterocycles. The number of nitrogens with one attached hydrogen (secondary N) is 1. The Labute approximate surface area is 181 Å². The van der Waals surface area contributed by atoms with E-state index < -0.39 is 0 Å². The summed E-state index contributed by atoms with van der Waals surface area (Å²) in [5.74, 6) is 1.82. The van der Waals surface area contributed by atoms with E-state index in [-0.39, 0.29) is 0 Å². The number of rotatable bonds is 5. The number of nitrogens with zero attached hydrogens (tertiary/aromatic N) is 3. The molecule has 2 heterocycles. The van der Waals surface area contributed by atoms with Gasteiger partial charge in [0, 0.05) is 28.9 Å². The van der Waals surface area contributed by atoms with Crippen LogP contribution in [0.4, 0.5) is 5.69 Å². The maximum atomic E-state index is 9.58. The zero-order chi connectivity index (χ0) is 21.8. The van der Waals surface area contributed by atoms with Crippen molar-refractivity contribution in [2.45, 2.75) is 26.7 Å². The summed E-state index contributed by atoms with van der Waals surface area (Å²) in [7, 11) is 0. The molecule has 156 valence electrons. The number of hydroxylamine groups is 1. The van der Waals surface area contributed by atoms with Crippen LogP contribution in [0.2, 0.25) is 0 Å². The second-order valence-electron chi connectivity index (χ2n) is 7.59. The van der Waals surface area contributed by atoms with Crippen molar-refractivity contribution in [1.82, 2.24) is 15.4 Å². The van der Waals surface area contributed by atoms with Gasteiger partial charge in [-0.1, -0.05) is 44.2 Å². The van der Waals surface area contributed by atoms with E-state index in [0.29, 0.717) is 28.9 Å². The number of hydrogen-bond donors (Lipinski definition) is 2. The van der Waals surface area contributed by atoms with E-state index in [1.165, 1.54) is 5.56 Å². The summed E-state index contributed by atoms with van der Waals surface area (Å²) >= 11 is 0. The summed E-state index contributed by atoms with van der Waals surface area (Å²) in [6, 6.07) is 21.2. The lowest BCUT2D eigenvalue weighted by Crippen LogP contribution is -2.20. The molecule has 4 rings (SSSR count).